The van der Waals surface area contributed by atoms with Crippen molar-refractivity contribution in [2.75, 3.05) is 39.9 Å². The normalized spacial score (nSPS) is 26.2. The van der Waals surface area contributed by atoms with Crippen molar-refractivity contribution in [1.82, 2.24) is 4.90 Å². The smallest absolute Gasteiger partial charge is 0.126 e. The molecule has 2 heterocycles. The van der Waals surface area contributed by atoms with Gasteiger partial charge in [-0.1, -0.05) is 6.07 Å². The van der Waals surface area contributed by atoms with Crippen LogP contribution < -0.4 is 15.2 Å². The van der Waals surface area contributed by atoms with Gasteiger partial charge in [0.15, 0.2) is 0 Å². The van der Waals surface area contributed by atoms with Gasteiger partial charge < -0.3 is 20.1 Å². The number of fused-ring (bicyclic) bond motifs is 3. The number of hydrogen-bond acceptors (Lipinski definition) is 4. The van der Waals surface area contributed by atoms with Crippen LogP contribution in [0, 0.1) is 5.92 Å². The van der Waals surface area contributed by atoms with E-state index in [0.717, 1.165) is 44.3 Å². The Morgan fingerprint density at radius 1 is 1.47 bits per heavy atom. The van der Waals surface area contributed by atoms with Crippen molar-refractivity contribution in [3.63, 3.8) is 0 Å². The van der Waals surface area contributed by atoms with Gasteiger partial charge >= 0.3 is 0 Å². The minimum Gasteiger partial charge on any atom is -0.496 e. The number of piperidine rings is 1. The number of nitrogens with zero attached hydrogens (tertiary/aromatic N) is 1. The highest BCUT2D eigenvalue weighted by Crippen LogP contribution is 2.46. The van der Waals surface area contributed by atoms with Crippen LogP contribution in [0.5, 0.6) is 11.5 Å². The van der Waals surface area contributed by atoms with Crippen molar-refractivity contribution in [1.29, 1.82) is 0 Å². The van der Waals surface area contributed by atoms with Gasteiger partial charge in [-0.15, -0.1) is 0 Å². The molecular formula is C15H22N2O2. The van der Waals surface area contributed by atoms with Gasteiger partial charge in [0.05, 0.1) is 13.7 Å². The van der Waals surface area contributed by atoms with Gasteiger partial charge in [0.2, 0.25) is 0 Å². The molecular weight excluding hydrogens is 240 g/mol. The Kier molecular flexibility index (Phi) is 3.62. The quantitative estimate of drug-likeness (QED) is 0.895. The van der Waals surface area contributed by atoms with Gasteiger partial charge in [-0.2, -0.15) is 0 Å². The molecule has 1 saturated heterocycles. The summed E-state index contributed by atoms with van der Waals surface area (Å²) in [7, 11) is 1.74. The van der Waals surface area contributed by atoms with Crippen LogP contribution in [-0.4, -0.2) is 44.8 Å². The summed E-state index contributed by atoms with van der Waals surface area (Å²) in [5, 5.41) is 0. The molecule has 0 aromatic heterocycles. The predicted octanol–water partition coefficient (Wildman–Crippen LogP) is 1.45. The first kappa shape index (κ1) is 12.8. The third-order valence-electron chi connectivity index (χ3n) is 4.33. The van der Waals surface area contributed by atoms with Crippen molar-refractivity contribution in [2.45, 2.75) is 12.3 Å². The summed E-state index contributed by atoms with van der Waals surface area (Å²) in [5.41, 5.74) is 6.93. The minimum absolute atomic E-state index is 0.559. The first-order chi connectivity index (χ1) is 9.33. The SMILES string of the molecule is COc1cccc2c1[C@@H]1CCN(CCN)C[C@H]1CO2. The number of rotatable bonds is 3. The van der Waals surface area contributed by atoms with Gasteiger partial charge in [0.25, 0.3) is 0 Å². The molecule has 19 heavy (non-hydrogen) atoms. The van der Waals surface area contributed by atoms with Crippen LogP contribution in [0.2, 0.25) is 0 Å². The maximum atomic E-state index is 5.92. The summed E-state index contributed by atoms with van der Waals surface area (Å²) >= 11 is 0. The van der Waals surface area contributed by atoms with Crippen LogP contribution in [-0.2, 0) is 0 Å². The number of methoxy groups -OCH3 is 1. The predicted molar refractivity (Wildman–Crippen MR) is 74.8 cm³/mol. The van der Waals surface area contributed by atoms with Gasteiger partial charge in [-0.3, -0.25) is 0 Å². The molecule has 3 rings (SSSR count). The summed E-state index contributed by atoms with van der Waals surface area (Å²) < 4.78 is 11.4. The first-order valence-corrected chi connectivity index (χ1v) is 7.05. The van der Waals surface area contributed by atoms with E-state index in [2.05, 4.69) is 11.0 Å². The third kappa shape index (κ3) is 2.30. The molecule has 1 fully saturated rings. The highest BCUT2D eigenvalue weighted by Gasteiger charge is 2.37. The Morgan fingerprint density at radius 3 is 3.16 bits per heavy atom. The Bertz CT molecular complexity index is 436. The highest BCUT2D eigenvalue weighted by molar-refractivity contribution is 5.49. The van der Waals surface area contributed by atoms with Gasteiger partial charge in [0.1, 0.15) is 11.5 Å². The van der Waals surface area contributed by atoms with E-state index in [1.165, 1.54) is 12.0 Å². The van der Waals surface area contributed by atoms with Crippen LogP contribution in [0.25, 0.3) is 0 Å². The molecule has 2 aliphatic heterocycles. The summed E-state index contributed by atoms with van der Waals surface area (Å²) in [6.07, 6.45) is 1.17. The molecule has 0 radical (unpaired) electrons. The molecule has 2 aliphatic rings. The fraction of sp³-hybridized carbons (Fsp3) is 0.600. The second-order valence-corrected chi connectivity index (χ2v) is 5.43. The highest BCUT2D eigenvalue weighted by atomic mass is 16.5. The van der Waals surface area contributed by atoms with E-state index in [1.54, 1.807) is 7.11 Å². The lowest BCUT2D eigenvalue weighted by Gasteiger charge is -2.42. The minimum atomic E-state index is 0.559. The molecule has 0 bridgehead atoms. The summed E-state index contributed by atoms with van der Waals surface area (Å²) in [4.78, 5) is 2.45. The lowest BCUT2D eigenvalue weighted by Crippen LogP contribution is -2.45. The molecule has 4 nitrogen and oxygen atoms in total. The van der Waals surface area contributed by atoms with E-state index in [-0.39, 0.29) is 0 Å². The van der Waals surface area contributed by atoms with Crippen LogP contribution in [0.4, 0.5) is 0 Å². The van der Waals surface area contributed by atoms with Gasteiger partial charge in [-0.25, -0.2) is 0 Å². The molecule has 2 N–H and O–H groups in total. The zero-order valence-corrected chi connectivity index (χ0v) is 11.5. The Hall–Kier alpha value is -1.26. The Balaban J connectivity index is 1.86. The zero-order valence-electron chi connectivity index (χ0n) is 11.5. The van der Waals surface area contributed by atoms with E-state index in [0.29, 0.717) is 11.8 Å². The number of ether oxygens (including phenoxy) is 2. The average Bonchev–Trinajstić information content (AvgIpc) is 2.46. The molecule has 0 aliphatic carbocycles. The van der Waals surface area contributed by atoms with Crippen molar-refractivity contribution >= 4 is 0 Å². The van der Waals surface area contributed by atoms with Crippen LogP contribution in [0.3, 0.4) is 0 Å². The van der Waals surface area contributed by atoms with Crippen LogP contribution >= 0.6 is 0 Å². The summed E-state index contributed by atoms with van der Waals surface area (Å²) in [6, 6.07) is 6.10. The zero-order chi connectivity index (χ0) is 13.2. The van der Waals surface area contributed by atoms with E-state index < -0.39 is 0 Å². The molecule has 2 atom stereocenters. The maximum Gasteiger partial charge on any atom is 0.126 e. The lowest BCUT2D eigenvalue weighted by atomic mass is 9.78. The third-order valence-corrected chi connectivity index (χ3v) is 4.33. The van der Waals surface area contributed by atoms with E-state index in [9.17, 15) is 0 Å². The fourth-order valence-electron chi connectivity index (χ4n) is 3.43. The monoisotopic (exact) mass is 262 g/mol. The molecule has 4 heteroatoms. The van der Waals surface area contributed by atoms with E-state index >= 15 is 0 Å². The first-order valence-electron chi connectivity index (χ1n) is 7.05. The van der Waals surface area contributed by atoms with Crippen molar-refractivity contribution in [2.24, 2.45) is 11.7 Å². The molecule has 1 aromatic rings. The molecule has 0 saturated carbocycles. The Labute approximate surface area is 114 Å². The summed E-state index contributed by atoms with van der Waals surface area (Å²) in [5.74, 6) is 3.10. The standard InChI is InChI=1S/C15H22N2O2/c1-18-13-3-2-4-14-15(13)12-5-7-17(8-6-16)9-11(12)10-19-14/h2-4,11-12H,5-10,16H2,1H3/t11-,12+/m0/s1. The topological polar surface area (TPSA) is 47.7 Å². The van der Waals surface area contributed by atoms with Crippen molar-refractivity contribution in [3.05, 3.63) is 23.8 Å². The largest absolute Gasteiger partial charge is 0.496 e. The molecule has 104 valence electrons. The molecule has 0 unspecified atom stereocenters. The number of benzene rings is 1. The number of nitrogens with two attached hydrogens (primary N) is 1. The van der Waals surface area contributed by atoms with Crippen LogP contribution in [0.15, 0.2) is 18.2 Å². The second-order valence-electron chi connectivity index (χ2n) is 5.43. The maximum absolute atomic E-state index is 5.92. The number of hydrogen-bond donors (Lipinski definition) is 1. The lowest BCUT2D eigenvalue weighted by molar-refractivity contribution is 0.0934. The second kappa shape index (κ2) is 5.39. The average molecular weight is 262 g/mol. The van der Waals surface area contributed by atoms with Gasteiger partial charge in [0, 0.05) is 31.1 Å². The Morgan fingerprint density at radius 2 is 2.37 bits per heavy atom. The van der Waals surface area contributed by atoms with Crippen molar-refractivity contribution in [3.8, 4) is 11.5 Å². The summed E-state index contributed by atoms with van der Waals surface area (Å²) in [6.45, 7) is 4.74. The van der Waals surface area contributed by atoms with Crippen LogP contribution in [0.1, 0.15) is 17.9 Å². The molecule has 0 amide bonds. The van der Waals surface area contributed by atoms with Crippen molar-refractivity contribution < 1.29 is 9.47 Å². The molecule has 0 spiro atoms. The number of likely N-dealkylation sites (tertiary alicyclic amines) is 1. The molecule has 1 aromatic carbocycles. The van der Waals surface area contributed by atoms with E-state index in [4.69, 9.17) is 15.2 Å². The van der Waals surface area contributed by atoms with Gasteiger partial charge in [-0.05, 0) is 31.0 Å². The van der Waals surface area contributed by atoms with E-state index in [1.807, 2.05) is 12.1 Å². The fourth-order valence-corrected chi connectivity index (χ4v) is 3.43.